The molecule has 0 saturated carbocycles. The summed E-state index contributed by atoms with van der Waals surface area (Å²) in [4.78, 5) is 43.1. The maximum absolute atomic E-state index is 13.3. The van der Waals surface area contributed by atoms with Crippen molar-refractivity contribution in [2.75, 3.05) is 17.7 Å². The average Bonchev–Trinajstić information content (AvgIpc) is 2.83. The third kappa shape index (κ3) is 5.44. The first kappa shape index (κ1) is 24.2. The monoisotopic (exact) mass is 488 g/mol. The lowest BCUT2D eigenvalue weighted by Gasteiger charge is -2.15. The summed E-state index contributed by atoms with van der Waals surface area (Å²) < 4.78 is 10.9. The molecule has 0 spiro atoms. The average molecular weight is 489 g/mol. The first-order valence-electron chi connectivity index (χ1n) is 11.1. The Labute approximate surface area is 206 Å². The van der Waals surface area contributed by atoms with Crippen molar-refractivity contribution in [3.8, 4) is 5.75 Å². The maximum atomic E-state index is 13.3. The van der Waals surface area contributed by atoms with Crippen molar-refractivity contribution < 1.29 is 18.7 Å². The second kappa shape index (κ2) is 10.6. The molecule has 0 saturated heterocycles. The zero-order valence-corrected chi connectivity index (χ0v) is 20.4. The molecule has 8 heteroatoms. The number of nitrogens with zero attached hydrogens (tertiary/aromatic N) is 1. The Kier molecular flexibility index (Phi) is 7.31. The van der Waals surface area contributed by atoms with Gasteiger partial charge in [-0.15, -0.1) is 0 Å². The fourth-order valence-electron chi connectivity index (χ4n) is 3.69. The van der Waals surface area contributed by atoms with Crippen LogP contribution in [-0.2, 0) is 0 Å². The van der Waals surface area contributed by atoms with Crippen LogP contribution >= 0.6 is 11.8 Å². The molecule has 0 unspecified atom stereocenters. The molecule has 0 aliphatic rings. The number of para-hydroxylation sites is 3. The fraction of sp³-hybridized carbons (Fsp3) is 0.185. The van der Waals surface area contributed by atoms with Gasteiger partial charge in [-0.25, -0.2) is 9.78 Å². The number of anilines is 1. The number of aryl methyl sites for hydroxylation is 2. The summed E-state index contributed by atoms with van der Waals surface area (Å²) in [6.07, 6.45) is 0. The molecular weight excluding hydrogens is 464 g/mol. The number of rotatable bonds is 8. The first-order chi connectivity index (χ1) is 16.9. The predicted molar refractivity (Wildman–Crippen MR) is 137 cm³/mol. The van der Waals surface area contributed by atoms with Crippen LogP contribution < -0.4 is 15.7 Å². The number of amides is 1. The van der Waals surface area contributed by atoms with Crippen LogP contribution in [0.1, 0.15) is 38.9 Å². The zero-order chi connectivity index (χ0) is 24.9. The van der Waals surface area contributed by atoms with Gasteiger partial charge in [0.1, 0.15) is 21.9 Å². The van der Waals surface area contributed by atoms with Crippen molar-refractivity contribution in [2.24, 2.45) is 0 Å². The van der Waals surface area contributed by atoms with Crippen molar-refractivity contribution in [2.45, 2.75) is 25.8 Å². The molecule has 178 valence electrons. The van der Waals surface area contributed by atoms with Crippen molar-refractivity contribution in [1.29, 1.82) is 0 Å². The molecule has 1 N–H and O–H groups in total. The van der Waals surface area contributed by atoms with Crippen LogP contribution in [-0.4, -0.2) is 29.0 Å². The molecule has 2 aromatic carbocycles. The Balaban J connectivity index is 1.59. The molecular formula is C27H24N2O5S. The highest BCUT2D eigenvalue weighted by Crippen LogP contribution is 2.29. The van der Waals surface area contributed by atoms with Gasteiger partial charge in [0.2, 0.25) is 0 Å². The summed E-state index contributed by atoms with van der Waals surface area (Å²) in [6.45, 7) is 5.98. The van der Waals surface area contributed by atoms with Crippen LogP contribution in [0.25, 0.3) is 11.0 Å². The van der Waals surface area contributed by atoms with Crippen molar-refractivity contribution in [3.05, 3.63) is 93.5 Å². The molecule has 0 aliphatic heterocycles. The third-order valence-electron chi connectivity index (χ3n) is 5.26. The summed E-state index contributed by atoms with van der Waals surface area (Å²) >= 11 is 1.11. The van der Waals surface area contributed by atoms with E-state index in [9.17, 15) is 14.4 Å². The van der Waals surface area contributed by atoms with Crippen LogP contribution in [0, 0.1) is 13.8 Å². The lowest BCUT2D eigenvalue weighted by molar-refractivity contribution is 0.101. The van der Waals surface area contributed by atoms with Gasteiger partial charge in [-0.1, -0.05) is 42.1 Å². The molecule has 0 aliphatic carbocycles. The van der Waals surface area contributed by atoms with E-state index in [0.29, 0.717) is 45.3 Å². The Morgan fingerprint density at radius 2 is 1.80 bits per heavy atom. The lowest BCUT2D eigenvalue weighted by atomic mass is 10.1. The van der Waals surface area contributed by atoms with Crippen LogP contribution in [0.3, 0.4) is 0 Å². The van der Waals surface area contributed by atoms with Gasteiger partial charge >= 0.3 is 5.63 Å². The summed E-state index contributed by atoms with van der Waals surface area (Å²) in [7, 11) is 0. The number of ketones is 1. The minimum absolute atomic E-state index is 0.0304. The van der Waals surface area contributed by atoms with Crippen molar-refractivity contribution in [1.82, 2.24) is 4.98 Å². The number of hydrogen-bond acceptors (Lipinski definition) is 7. The molecule has 0 fully saturated rings. The van der Waals surface area contributed by atoms with E-state index in [2.05, 4.69) is 10.3 Å². The van der Waals surface area contributed by atoms with Gasteiger partial charge in [0.05, 0.1) is 23.6 Å². The molecule has 2 heterocycles. The second-order valence-electron chi connectivity index (χ2n) is 7.84. The number of ether oxygens (including phenoxy) is 1. The number of nitrogens with one attached hydrogen (secondary N) is 1. The summed E-state index contributed by atoms with van der Waals surface area (Å²) in [5.74, 6) is -0.270. The number of Topliss-reactive ketones (excluding diaryl/α,β-unsaturated/α-hetero) is 1. The van der Waals surface area contributed by atoms with E-state index in [1.54, 1.807) is 36.4 Å². The maximum Gasteiger partial charge on any atom is 0.347 e. The van der Waals surface area contributed by atoms with Gasteiger partial charge in [0.25, 0.3) is 5.91 Å². The molecule has 0 atom stereocenters. The Hall–Kier alpha value is -3.91. The van der Waals surface area contributed by atoms with Crippen molar-refractivity contribution in [3.63, 3.8) is 0 Å². The standard InChI is InChI=1S/C27H24N2O5S/c1-4-33-23-12-8-6-10-20(23)29-25(31)24-16(2)13-17(3)28-26(24)35-15-21(30)19-14-18-9-5-7-11-22(18)34-27(19)32/h5-14H,4,15H2,1-3H3,(H,29,31). The number of benzene rings is 2. The SMILES string of the molecule is CCOc1ccccc1NC(=O)c1c(C)cc(C)nc1SCC(=O)c1cc2ccccc2oc1=O. The van der Waals surface area contributed by atoms with Crippen LogP contribution in [0.15, 0.2) is 74.9 Å². The van der Waals surface area contributed by atoms with E-state index < -0.39 is 11.4 Å². The second-order valence-corrected chi connectivity index (χ2v) is 8.81. The molecule has 7 nitrogen and oxygen atoms in total. The number of carbonyl (C=O) groups excluding carboxylic acids is 2. The first-order valence-corrected chi connectivity index (χ1v) is 12.1. The largest absolute Gasteiger partial charge is 0.492 e. The minimum atomic E-state index is -0.687. The Bertz CT molecular complexity index is 1480. The third-order valence-corrected chi connectivity index (χ3v) is 6.23. The quantitative estimate of drug-likeness (QED) is 0.201. The van der Waals surface area contributed by atoms with Gasteiger partial charge in [-0.05, 0) is 56.7 Å². The van der Waals surface area contributed by atoms with E-state index in [1.165, 1.54) is 6.07 Å². The van der Waals surface area contributed by atoms with Gasteiger partial charge in [-0.3, -0.25) is 9.59 Å². The van der Waals surface area contributed by atoms with Crippen LogP contribution in [0.2, 0.25) is 0 Å². The highest BCUT2D eigenvalue weighted by atomic mass is 32.2. The zero-order valence-electron chi connectivity index (χ0n) is 19.6. The Morgan fingerprint density at radius 1 is 1.06 bits per heavy atom. The highest BCUT2D eigenvalue weighted by molar-refractivity contribution is 8.00. The summed E-state index contributed by atoms with van der Waals surface area (Å²) in [5, 5.41) is 3.97. The number of fused-ring (bicyclic) bond motifs is 1. The van der Waals surface area contributed by atoms with E-state index in [1.807, 2.05) is 39.0 Å². The fourth-order valence-corrected chi connectivity index (χ4v) is 4.72. The van der Waals surface area contributed by atoms with Gasteiger partial charge in [-0.2, -0.15) is 0 Å². The summed E-state index contributed by atoms with van der Waals surface area (Å²) in [6, 6.07) is 17.5. The highest BCUT2D eigenvalue weighted by Gasteiger charge is 2.21. The van der Waals surface area contributed by atoms with Gasteiger partial charge in [0, 0.05) is 11.1 Å². The van der Waals surface area contributed by atoms with Crippen LogP contribution in [0.5, 0.6) is 5.75 Å². The van der Waals surface area contributed by atoms with Gasteiger partial charge < -0.3 is 14.5 Å². The number of thioether (sulfide) groups is 1. The predicted octanol–water partition coefficient (Wildman–Crippen LogP) is 5.43. The number of pyridine rings is 1. The molecule has 4 rings (SSSR count). The van der Waals surface area contributed by atoms with E-state index in [4.69, 9.17) is 9.15 Å². The Morgan fingerprint density at radius 3 is 2.60 bits per heavy atom. The molecule has 2 aromatic heterocycles. The van der Waals surface area contributed by atoms with E-state index in [-0.39, 0.29) is 17.2 Å². The molecule has 0 bridgehead atoms. The molecule has 0 radical (unpaired) electrons. The molecule has 1 amide bonds. The number of carbonyl (C=O) groups is 2. The topological polar surface area (TPSA) is 98.5 Å². The molecule has 35 heavy (non-hydrogen) atoms. The minimum Gasteiger partial charge on any atom is -0.492 e. The normalized spacial score (nSPS) is 10.8. The lowest BCUT2D eigenvalue weighted by Crippen LogP contribution is -2.18. The van der Waals surface area contributed by atoms with E-state index >= 15 is 0 Å². The van der Waals surface area contributed by atoms with Crippen molar-refractivity contribution >= 4 is 40.1 Å². The van der Waals surface area contributed by atoms with Crippen LogP contribution in [0.4, 0.5) is 5.69 Å². The smallest absolute Gasteiger partial charge is 0.347 e. The van der Waals surface area contributed by atoms with E-state index in [0.717, 1.165) is 17.3 Å². The number of hydrogen-bond donors (Lipinski definition) is 1. The van der Waals surface area contributed by atoms with Gasteiger partial charge in [0.15, 0.2) is 5.78 Å². The summed E-state index contributed by atoms with van der Waals surface area (Å²) in [5.41, 5.74) is 2.05. The molecule has 4 aromatic rings. The number of aromatic nitrogens is 1.